The molecule has 0 radical (unpaired) electrons. The highest BCUT2D eigenvalue weighted by Gasteiger charge is 1.97. The second-order valence-corrected chi connectivity index (χ2v) is 2.91. The van der Waals surface area contributed by atoms with E-state index in [2.05, 4.69) is 15.9 Å². The van der Waals surface area contributed by atoms with Gasteiger partial charge < -0.3 is 5.11 Å². The minimum Gasteiger partial charge on any atom is -0.507 e. The van der Waals surface area contributed by atoms with E-state index in [9.17, 15) is 9.50 Å². The van der Waals surface area contributed by atoms with Crippen LogP contribution in [0, 0.1) is 5.82 Å². The van der Waals surface area contributed by atoms with Gasteiger partial charge in [0, 0.05) is 17.0 Å². The lowest BCUT2D eigenvalue weighted by Gasteiger charge is -1.97. The maximum Gasteiger partial charge on any atom is 0.126 e. The molecule has 0 heterocycles. The quantitative estimate of drug-likeness (QED) is 0.776. The molecule has 0 atom stereocenters. The standard InChI is InChI=1S/C9H8BrFO/c10-5-1-2-7-3-4-8(11)6-9(7)12/h1-4,6,12H,5H2. The average Bonchev–Trinajstić information content (AvgIpc) is 2.03. The van der Waals surface area contributed by atoms with E-state index >= 15 is 0 Å². The molecule has 0 fully saturated rings. The highest BCUT2D eigenvalue weighted by Crippen LogP contribution is 2.19. The van der Waals surface area contributed by atoms with Gasteiger partial charge in [0.05, 0.1) is 0 Å². The number of rotatable bonds is 2. The van der Waals surface area contributed by atoms with Crippen molar-refractivity contribution in [1.82, 2.24) is 0 Å². The van der Waals surface area contributed by atoms with Crippen molar-refractivity contribution in [3.63, 3.8) is 0 Å². The van der Waals surface area contributed by atoms with Crippen molar-refractivity contribution in [3.05, 3.63) is 35.7 Å². The zero-order valence-electron chi connectivity index (χ0n) is 6.30. The topological polar surface area (TPSA) is 20.2 Å². The van der Waals surface area contributed by atoms with Gasteiger partial charge >= 0.3 is 0 Å². The first kappa shape index (κ1) is 9.26. The lowest BCUT2D eigenvalue weighted by Crippen LogP contribution is -1.77. The summed E-state index contributed by atoms with van der Waals surface area (Å²) in [5, 5.41) is 9.92. The summed E-state index contributed by atoms with van der Waals surface area (Å²) in [5.41, 5.74) is 0.621. The van der Waals surface area contributed by atoms with Gasteiger partial charge in [-0.3, -0.25) is 0 Å². The number of allylic oxidation sites excluding steroid dienone is 1. The molecule has 1 nitrogen and oxygen atoms in total. The Morgan fingerprint density at radius 1 is 1.50 bits per heavy atom. The Bertz CT molecular complexity index is 297. The summed E-state index contributed by atoms with van der Waals surface area (Å²) in [6.07, 6.45) is 3.55. The fourth-order valence-electron chi connectivity index (χ4n) is 0.829. The van der Waals surface area contributed by atoms with E-state index in [0.717, 1.165) is 6.07 Å². The first-order valence-electron chi connectivity index (χ1n) is 3.45. The van der Waals surface area contributed by atoms with Gasteiger partial charge in [-0.15, -0.1) is 0 Å². The summed E-state index contributed by atoms with van der Waals surface area (Å²) < 4.78 is 12.5. The van der Waals surface area contributed by atoms with E-state index < -0.39 is 5.82 Å². The summed E-state index contributed by atoms with van der Waals surface area (Å²) in [5.74, 6) is -0.462. The molecular weight excluding hydrogens is 223 g/mol. The maximum absolute atomic E-state index is 12.5. The van der Waals surface area contributed by atoms with Crippen molar-refractivity contribution in [2.75, 3.05) is 5.33 Å². The van der Waals surface area contributed by atoms with Gasteiger partial charge in [0.1, 0.15) is 11.6 Å². The van der Waals surface area contributed by atoms with Gasteiger partial charge in [-0.25, -0.2) is 4.39 Å². The van der Waals surface area contributed by atoms with Crippen LogP contribution in [0.25, 0.3) is 6.08 Å². The molecule has 0 aliphatic carbocycles. The van der Waals surface area contributed by atoms with Crippen molar-refractivity contribution < 1.29 is 9.50 Å². The fraction of sp³-hybridized carbons (Fsp3) is 0.111. The highest BCUT2D eigenvalue weighted by atomic mass is 79.9. The van der Waals surface area contributed by atoms with Crippen LogP contribution in [0.15, 0.2) is 24.3 Å². The largest absolute Gasteiger partial charge is 0.507 e. The molecule has 1 N–H and O–H groups in total. The molecule has 0 aromatic heterocycles. The Hall–Kier alpha value is -0.830. The van der Waals surface area contributed by atoms with E-state index in [1.807, 2.05) is 6.08 Å². The molecule has 0 saturated heterocycles. The number of hydrogen-bond acceptors (Lipinski definition) is 1. The summed E-state index contributed by atoms with van der Waals surface area (Å²) in [6.45, 7) is 0. The third-order valence-electron chi connectivity index (χ3n) is 1.38. The first-order chi connectivity index (χ1) is 5.74. The third-order valence-corrected chi connectivity index (χ3v) is 1.75. The molecule has 3 heteroatoms. The Labute approximate surface area is 78.7 Å². The van der Waals surface area contributed by atoms with Gasteiger partial charge in [-0.05, 0) is 12.1 Å². The molecule has 1 aromatic rings. The van der Waals surface area contributed by atoms with Crippen LogP contribution in [0.4, 0.5) is 4.39 Å². The lowest BCUT2D eigenvalue weighted by atomic mass is 10.2. The number of phenolic OH excluding ortho intramolecular Hbond substituents is 1. The number of benzene rings is 1. The second kappa shape index (κ2) is 4.26. The third kappa shape index (κ3) is 2.34. The van der Waals surface area contributed by atoms with Crippen molar-refractivity contribution in [3.8, 4) is 5.75 Å². The Morgan fingerprint density at radius 3 is 2.83 bits per heavy atom. The lowest BCUT2D eigenvalue weighted by molar-refractivity contribution is 0.468. The van der Waals surface area contributed by atoms with Crippen LogP contribution in [0.1, 0.15) is 5.56 Å². The number of halogens is 2. The minimum atomic E-state index is -0.427. The summed E-state index contributed by atoms with van der Waals surface area (Å²) in [7, 11) is 0. The van der Waals surface area contributed by atoms with Crippen molar-refractivity contribution >= 4 is 22.0 Å². The van der Waals surface area contributed by atoms with Gasteiger partial charge in [0.25, 0.3) is 0 Å². The van der Waals surface area contributed by atoms with E-state index in [1.54, 1.807) is 6.08 Å². The van der Waals surface area contributed by atoms with Crippen LogP contribution in [0.5, 0.6) is 5.75 Å². The van der Waals surface area contributed by atoms with Gasteiger partial charge in [-0.2, -0.15) is 0 Å². The second-order valence-electron chi connectivity index (χ2n) is 2.26. The molecule has 64 valence electrons. The summed E-state index contributed by atoms with van der Waals surface area (Å²) >= 11 is 3.20. The van der Waals surface area contributed by atoms with Gasteiger partial charge in [0.2, 0.25) is 0 Å². The molecule has 0 aliphatic rings. The zero-order chi connectivity index (χ0) is 8.97. The minimum absolute atomic E-state index is 0.0350. The zero-order valence-corrected chi connectivity index (χ0v) is 7.88. The predicted molar refractivity (Wildman–Crippen MR) is 50.9 cm³/mol. The number of hydrogen-bond donors (Lipinski definition) is 1. The van der Waals surface area contributed by atoms with Crippen molar-refractivity contribution in [2.24, 2.45) is 0 Å². The highest BCUT2D eigenvalue weighted by molar-refractivity contribution is 9.09. The van der Waals surface area contributed by atoms with E-state index in [1.165, 1.54) is 12.1 Å². The number of phenols is 1. The molecule has 0 bridgehead atoms. The number of alkyl halides is 1. The maximum atomic E-state index is 12.5. The Balaban J connectivity index is 2.94. The van der Waals surface area contributed by atoms with E-state index in [4.69, 9.17) is 0 Å². The summed E-state index contributed by atoms with van der Waals surface area (Å²) in [4.78, 5) is 0. The Morgan fingerprint density at radius 2 is 2.25 bits per heavy atom. The molecule has 1 rings (SSSR count). The van der Waals surface area contributed by atoms with Crippen molar-refractivity contribution in [2.45, 2.75) is 0 Å². The molecular formula is C9H8BrFO. The molecule has 12 heavy (non-hydrogen) atoms. The van der Waals surface area contributed by atoms with Gasteiger partial charge in [0.15, 0.2) is 0 Å². The molecule has 0 saturated carbocycles. The van der Waals surface area contributed by atoms with Crippen LogP contribution >= 0.6 is 15.9 Å². The van der Waals surface area contributed by atoms with Crippen LogP contribution in [-0.4, -0.2) is 10.4 Å². The SMILES string of the molecule is Oc1cc(F)ccc1C=CCBr. The monoisotopic (exact) mass is 230 g/mol. The van der Waals surface area contributed by atoms with Crippen LogP contribution in [0.2, 0.25) is 0 Å². The fourth-order valence-corrected chi connectivity index (χ4v) is 1.02. The molecule has 0 unspecified atom stereocenters. The van der Waals surface area contributed by atoms with E-state index in [0.29, 0.717) is 10.9 Å². The number of aromatic hydroxyl groups is 1. The van der Waals surface area contributed by atoms with Crippen LogP contribution < -0.4 is 0 Å². The van der Waals surface area contributed by atoms with Gasteiger partial charge in [-0.1, -0.05) is 28.1 Å². The van der Waals surface area contributed by atoms with E-state index in [-0.39, 0.29) is 5.75 Å². The Kier molecular flexibility index (Phi) is 3.29. The average molecular weight is 231 g/mol. The first-order valence-corrected chi connectivity index (χ1v) is 4.57. The normalized spacial score (nSPS) is 10.8. The molecule has 1 aromatic carbocycles. The smallest absolute Gasteiger partial charge is 0.126 e. The molecule has 0 aliphatic heterocycles. The van der Waals surface area contributed by atoms with Crippen molar-refractivity contribution in [1.29, 1.82) is 0 Å². The van der Waals surface area contributed by atoms with Crippen LogP contribution in [0.3, 0.4) is 0 Å². The summed E-state index contributed by atoms with van der Waals surface area (Å²) in [6, 6.07) is 3.94. The van der Waals surface area contributed by atoms with Crippen LogP contribution in [-0.2, 0) is 0 Å². The molecule has 0 spiro atoms. The predicted octanol–water partition coefficient (Wildman–Crippen LogP) is 2.94. The molecule has 0 amide bonds.